The zero-order valence-corrected chi connectivity index (χ0v) is 13.9. The molecule has 0 aromatic rings. The Morgan fingerprint density at radius 3 is 2.18 bits per heavy atom. The van der Waals surface area contributed by atoms with Crippen LogP contribution in [-0.4, -0.2) is 29.9 Å². The van der Waals surface area contributed by atoms with Gasteiger partial charge >= 0.3 is 0 Å². The largest absolute Gasteiger partial charge is 0.302 e. The van der Waals surface area contributed by atoms with Gasteiger partial charge in [-0.05, 0) is 42.6 Å². The first-order valence-electron chi connectivity index (χ1n) is 7.15. The van der Waals surface area contributed by atoms with Crippen LogP contribution in [0.2, 0.25) is 0 Å². The fourth-order valence-corrected chi connectivity index (χ4v) is 4.05. The fourth-order valence-electron chi connectivity index (χ4n) is 2.88. The number of likely N-dealkylation sites (tertiary alicyclic amines) is 1. The monoisotopic (exact) mass is 303 g/mol. The Hall–Kier alpha value is 0.440. The van der Waals surface area contributed by atoms with Crippen molar-refractivity contribution in [2.24, 2.45) is 16.7 Å². The Morgan fingerprint density at radius 1 is 1.24 bits per heavy atom. The van der Waals surface area contributed by atoms with E-state index in [-0.39, 0.29) is 0 Å². The first kappa shape index (κ1) is 15.5. The lowest BCUT2D eigenvalue weighted by Crippen LogP contribution is -2.36. The quantitative estimate of drug-likeness (QED) is 0.673. The predicted octanol–water partition coefficient (Wildman–Crippen LogP) is 4.56. The Balaban J connectivity index is 2.55. The molecule has 0 amide bonds. The van der Waals surface area contributed by atoms with Gasteiger partial charge in [-0.2, -0.15) is 0 Å². The van der Waals surface area contributed by atoms with E-state index in [0.717, 1.165) is 11.2 Å². The molecule has 1 rings (SSSR count). The molecule has 1 saturated heterocycles. The van der Waals surface area contributed by atoms with Gasteiger partial charge in [0.15, 0.2) is 0 Å². The number of hydrogen-bond acceptors (Lipinski definition) is 1. The Labute approximate surface area is 116 Å². The van der Waals surface area contributed by atoms with Gasteiger partial charge in [0.05, 0.1) is 0 Å². The van der Waals surface area contributed by atoms with Crippen molar-refractivity contribution in [3.63, 3.8) is 0 Å². The van der Waals surface area contributed by atoms with Crippen LogP contribution in [0, 0.1) is 16.7 Å². The van der Waals surface area contributed by atoms with E-state index in [0.29, 0.717) is 10.8 Å². The van der Waals surface area contributed by atoms with Gasteiger partial charge in [0, 0.05) is 18.4 Å². The maximum atomic E-state index is 3.69. The molecule has 0 saturated carbocycles. The zero-order chi connectivity index (χ0) is 13.1. The normalized spacial score (nSPS) is 22.9. The van der Waals surface area contributed by atoms with Gasteiger partial charge in [0.25, 0.3) is 0 Å². The summed E-state index contributed by atoms with van der Waals surface area (Å²) >= 11 is 3.69. The topological polar surface area (TPSA) is 3.24 Å². The minimum atomic E-state index is 0.410. The van der Waals surface area contributed by atoms with Crippen molar-refractivity contribution < 1.29 is 0 Å². The van der Waals surface area contributed by atoms with Gasteiger partial charge in [-0.3, -0.25) is 0 Å². The summed E-state index contributed by atoms with van der Waals surface area (Å²) in [4.78, 5) is 2.70. The summed E-state index contributed by atoms with van der Waals surface area (Å²) in [5, 5.41) is 1.12. The molecule has 17 heavy (non-hydrogen) atoms. The highest BCUT2D eigenvalue weighted by molar-refractivity contribution is 9.09. The van der Waals surface area contributed by atoms with Crippen molar-refractivity contribution in [1.82, 2.24) is 4.90 Å². The van der Waals surface area contributed by atoms with E-state index in [9.17, 15) is 0 Å². The molecule has 1 heterocycles. The van der Waals surface area contributed by atoms with E-state index in [4.69, 9.17) is 0 Å². The number of hydrogen-bond donors (Lipinski definition) is 0. The molecular weight excluding hydrogens is 274 g/mol. The Kier molecular flexibility index (Phi) is 5.52. The lowest BCUT2D eigenvalue weighted by atomic mass is 9.81. The minimum absolute atomic E-state index is 0.410. The van der Waals surface area contributed by atoms with Crippen LogP contribution in [0.3, 0.4) is 0 Å². The lowest BCUT2D eigenvalue weighted by Gasteiger charge is -2.34. The van der Waals surface area contributed by atoms with Crippen molar-refractivity contribution in [3.05, 3.63) is 0 Å². The van der Waals surface area contributed by atoms with Gasteiger partial charge in [-0.25, -0.2) is 0 Å². The van der Waals surface area contributed by atoms with E-state index in [2.05, 4.69) is 55.4 Å². The molecule has 0 aromatic heterocycles. The Bertz CT molecular complexity index is 228. The van der Waals surface area contributed by atoms with Gasteiger partial charge in [-0.15, -0.1) is 0 Å². The first-order chi connectivity index (χ1) is 7.87. The lowest BCUT2D eigenvalue weighted by molar-refractivity contribution is 0.167. The van der Waals surface area contributed by atoms with Crippen molar-refractivity contribution in [2.75, 3.05) is 25.0 Å². The maximum Gasteiger partial charge on any atom is 0.00768 e. The summed E-state index contributed by atoms with van der Waals surface area (Å²) in [5.74, 6) is 0.756. The maximum absolute atomic E-state index is 3.69. The highest BCUT2D eigenvalue weighted by Crippen LogP contribution is 2.38. The van der Waals surface area contributed by atoms with Gasteiger partial charge < -0.3 is 4.90 Å². The number of rotatable bonds is 5. The minimum Gasteiger partial charge on any atom is -0.302 e. The van der Waals surface area contributed by atoms with Gasteiger partial charge in [-0.1, -0.05) is 50.5 Å². The summed E-state index contributed by atoms with van der Waals surface area (Å²) in [6.07, 6.45) is 4.09. The van der Waals surface area contributed by atoms with Crippen molar-refractivity contribution >= 4 is 15.9 Å². The van der Waals surface area contributed by atoms with E-state index >= 15 is 0 Å². The van der Waals surface area contributed by atoms with Crippen molar-refractivity contribution in [1.29, 1.82) is 0 Å². The van der Waals surface area contributed by atoms with Crippen LogP contribution < -0.4 is 0 Å². The smallest absolute Gasteiger partial charge is 0.00768 e. The molecular formula is C15H30BrN. The zero-order valence-electron chi connectivity index (χ0n) is 12.4. The van der Waals surface area contributed by atoms with Crippen LogP contribution in [0.5, 0.6) is 0 Å². The molecule has 1 fully saturated rings. The molecule has 1 unspecified atom stereocenters. The predicted molar refractivity (Wildman–Crippen MR) is 80.8 cm³/mol. The standard InChI is InChI=1S/C15H30BrN/c1-6-15(7-2)8-9-17(12-15)11-13(10-16)14(3,4)5/h13H,6-12H2,1-5H3. The second-order valence-electron chi connectivity index (χ2n) is 6.91. The molecule has 1 aliphatic heterocycles. The summed E-state index contributed by atoms with van der Waals surface area (Å²) in [6.45, 7) is 15.7. The van der Waals surface area contributed by atoms with E-state index in [1.807, 2.05) is 0 Å². The third-order valence-electron chi connectivity index (χ3n) is 4.91. The van der Waals surface area contributed by atoms with Crippen LogP contribution in [0.15, 0.2) is 0 Å². The highest BCUT2D eigenvalue weighted by atomic mass is 79.9. The fraction of sp³-hybridized carbons (Fsp3) is 1.00. The molecule has 2 heteroatoms. The van der Waals surface area contributed by atoms with Crippen LogP contribution in [0.1, 0.15) is 53.9 Å². The van der Waals surface area contributed by atoms with Gasteiger partial charge in [0.2, 0.25) is 0 Å². The highest BCUT2D eigenvalue weighted by Gasteiger charge is 2.36. The molecule has 1 atom stereocenters. The van der Waals surface area contributed by atoms with Crippen LogP contribution >= 0.6 is 15.9 Å². The first-order valence-corrected chi connectivity index (χ1v) is 8.27. The molecule has 0 aliphatic carbocycles. The average molecular weight is 304 g/mol. The van der Waals surface area contributed by atoms with Crippen molar-refractivity contribution in [3.8, 4) is 0 Å². The molecule has 102 valence electrons. The van der Waals surface area contributed by atoms with E-state index in [1.54, 1.807) is 0 Å². The van der Waals surface area contributed by atoms with Gasteiger partial charge in [0.1, 0.15) is 0 Å². The molecule has 0 spiro atoms. The number of alkyl halides is 1. The van der Waals surface area contributed by atoms with Crippen LogP contribution in [-0.2, 0) is 0 Å². The molecule has 0 N–H and O–H groups in total. The van der Waals surface area contributed by atoms with Crippen LogP contribution in [0.25, 0.3) is 0 Å². The second-order valence-corrected chi connectivity index (χ2v) is 7.56. The Morgan fingerprint density at radius 2 is 1.82 bits per heavy atom. The van der Waals surface area contributed by atoms with Crippen molar-refractivity contribution in [2.45, 2.75) is 53.9 Å². The van der Waals surface area contributed by atoms with E-state index in [1.165, 1.54) is 38.9 Å². The number of nitrogens with zero attached hydrogens (tertiary/aromatic N) is 1. The molecule has 0 bridgehead atoms. The summed E-state index contributed by atoms with van der Waals surface area (Å²) in [7, 11) is 0. The second kappa shape index (κ2) is 6.06. The SMILES string of the molecule is CCC1(CC)CCN(CC(CBr)C(C)(C)C)C1. The third kappa shape index (κ3) is 3.96. The summed E-state index contributed by atoms with van der Waals surface area (Å²) in [5.41, 5.74) is 1.03. The number of halogens is 1. The molecule has 1 aliphatic rings. The summed E-state index contributed by atoms with van der Waals surface area (Å²) < 4.78 is 0. The average Bonchev–Trinajstić information content (AvgIpc) is 2.68. The third-order valence-corrected chi connectivity index (χ3v) is 5.69. The molecule has 0 aromatic carbocycles. The molecule has 1 nitrogen and oxygen atoms in total. The summed E-state index contributed by atoms with van der Waals surface area (Å²) in [6, 6.07) is 0. The molecule has 0 radical (unpaired) electrons. The van der Waals surface area contributed by atoms with E-state index < -0.39 is 0 Å². The van der Waals surface area contributed by atoms with Crippen LogP contribution in [0.4, 0.5) is 0 Å².